The van der Waals surface area contributed by atoms with Crippen molar-refractivity contribution in [2.75, 3.05) is 16.8 Å². The molecule has 8 nitrogen and oxygen atoms in total. The van der Waals surface area contributed by atoms with E-state index < -0.39 is 27.6 Å². The van der Waals surface area contributed by atoms with Crippen LogP contribution in [-0.2, 0) is 14.8 Å². The second kappa shape index (κ2) is 7.03. The number of benzene rings is 2. The van der Waals surface area contributed by atoms with E-state index in [2.05, 4.69) is 9.71 Å². The molecule has 1 unspecified atom stereocenters. The Balaban J connectivity index is 1.57. The van der Waals surface area contributed by atoms with Crippen molar-refractivity contribution >= 4 is 38.9 Å². The Morgan fingerprint density at radius 3 is 2.68 bits per heavy atom. The first-order chi connectivity index (χ1) is 14.9. The Hall–Kier alpha value is -3.51. The maximum Gasteiger partial charge on any atom is 0.286 e. The molecule has 3 aliphatic rings. The van der Waals surface area contributed by atoms with E-state index >= 15 is 0 Å². The molecule has 31 heavy (non-hydrogen) atoms. The summed E-state index contributed by atoms with van der Waals surface area (Å²) >= 11 is 0. The highest BCUT2D eigenvalue weighted by molar-refractivity contribution is 7.90. The molecule has 9 heteroatoms. The lowest BCUT2D eigenvalue weighted by molar-refractivity contribution is -0.119. The fraction of sp³-hybridized carbons (Fsp3) is 0.273. The van der Waals surface area contributed by atoms with Gasteiger partial charge >= 0.3 is 0 Å². The molecule has 2 aliphatic heterocycles. The maximum atomic E-state index is 13.4. The summed E-state index contributed by atoms with van der Waals surface area (Å²) in [4.78, 5) is 28.1. The highest BCUT2D eigenvalue weighted by atomic mass is 32.2. The van der Waals surface area contributed by atoms with Gasteiger partial charge in [0.1, 0.15) is 10.7 Å². The number of hydrogen-bond acceptors (Lipinski definition) is 6. The van der Waals surface area contributed by atoms with E-state index in [0.717, 1.165) is 19.3 Å². The SMILES string of the molecule is N#Cc1ccc2c(c1)S(=O)(=O)N=C(C1C(=O)c3ccccc3N(CCC3CC3)C1=O)N2. The number of amides is 1. The zero-order valence-electron chi connectivity index (χ0n) is 16.4. The molecule has 1 atom stereocenters. The largest absolute Gasteiger partial charge is 0.341 e. The van der Waals surface area contributed by atoms with Crippen LogP contribution in [0.15, 0.2) is 51.8 Å². The van der Waals surface area contributed by atoms with Crippen LogP contribution in [-0.4, -0.2) is 32.5 Å². The molecular formula is C22H18N4O4S. The molecule has 1 N–H and O–H groups in total. The van der Waals surface area contributed by atoms with Gasteiger partial charge in [-0.25, -0.2) is 0 Å². The molecule has 2 aromatic carbocycles. The van der Waals surface area contributed by atoms with Crippen molar-refractivity contribution in [1.82, 2.24) is 0 Å². The van der Waals surface area contributed by atoms with Gasteiger partial charge in [0, 0.05) is 12.1 Å². The fourth-order valence-corrected chi connectivity index (χ4v) is 5.20. The molecule has 2 aromatic rings. The summed E-state index contributed by atoms with van der Waals surface area (Å²) in [5, 5.41) is 11.9. The van der Waals surface area contributed by atoms with Crippen molar-refractivity contribution < 1.29 is 18.0 Å². The molecular weight excluding hydrogens is 416 g/mol. The van der Waals surface area contributed by atoms with Crippen molar-refractivity contribution in [3.05, 3.63) is 53.6 Å². The molecule has 156 valence electrons. The molecule has 0 bridgehead atoms. The van der Waals surface area contributed by atoms with Crippen molar-refractivity contribution in [3.8, 4) is 6.07 Å². The molecule has 0 spiro atoms. The van der Waals surface area contributed by atoms with Gasteiger partial charge in [0.2, 0.25) is 5.91 Å². The van der Waals surface area contributed by atoms with E-state index in [1.54, 1.807) is 29.2 Å². The summed E-state index contributed by atoms with van der Waals surface area (Å²) < 4.78 is 29.3. The van der Waals surface area contributed by atoms with E-state index in [4.69, 9.17) is 5.26 Å². The molecule has 1 fully saturated rings. The third kappa shape index (κ3) is 3.29. The Labute approximate surface area is 179 Å². The first-order valence-electron chi connectivity index (χ1n) is 10.00. The van der Waals surface area contributed by atoms with Gasteiger partial charge in [0.25, 0.3) is 10.0 Å². The number of amidine groups is 1. The minimum atomic E-state index is -4.18. The van der Waals surface area contributed by atoms with Gasteiger partial charge in [-0.3, -0.25) is 9.59 Å². The Morgan fingerprint density at radius 2 is 1.94 bits per heavy atom. The van der Waals surface area contributed by atoms with Crippen molar-refractivity contribution in [2.45, 2.75) is 24.2 Å². The summed E-state index contributed by atoms with van der Waals surface area (Å²) in [5.74, 6) is -1.96. The lowest BCUT2D eigenvalue weighted by Gasteiger charge is -2.34. The smallest absolute Gasteiger partial charge is 0.286 e. The van der Waals surface area contributed by atoms with Gasteiger partial charge in [0.15, 0.2) is 11.7 Å². The van der Waals surface area contributed by atoms with Gasteiger partial charge in [-0.15, -0.1) is 4.40 Å². The van der Waals surface area contributed by atoms with Crippen LogP contribution in [0.1, 0.15) is 35.2 Å². The second-order valence-corrected chi connectivity index (χ2v) is 9.51. The fourth-order valence-electron chi connectivity index (χ4n) is 4.02. The Bertz CT molecular complexity index is 1310. The van der Waals surface area contributed by atoms with Crippen LogP contribution in [0.4, 0.5) is 11.4 Å². The number of Topliss-reactive ketones (excluding diaryl/α,β-unsaturated/α-hetero) is 1. The number of rotatable bonds is 4. The highest BCUT2D eigenvalue weighted by Gasteiger charge is 2.45. The van der Waals surface area contributed by atoms with E-state index in [1.807, 2.05) is 6.07 Å². The number of hydrogen-bond donors (Lipinski definition) is 1. The van der Waals surface area contributed by atoms with Crippen LogP contribution in [0.3, 0.4) is 0 Å². The number of ketones is 1. The van der Waals surface area contributed by atoms with E-state index in [9.17, 15) is 18.0 Å². The zero-order valence-corrected chi connectivity index (χ0v) is 17.2. The molecule has 5 rings (SSSR count). The number of anilines is 2. The summed E-state index contributed by atoms with van der Waals surface area (Å²) in [6.07, 6.45) is 3.11. The van der Waals surface area contributed by atoms with Gasteiger partial charge in [-0.2, -0.15) is 13.7 Å². The number of carbonyl (C=O) groups is 2. The number of nitrogens with one attached hydrogen (secondary N) is 1. The lowest BCUT2D eigenvalue weighted by Crippen LogP contribution is -2.50. The number of nitrogens with zero attached hydrogens (tertiary/aromatic N) is 3. The first-order valence-corrected chi connectivity index (χ1v) is 11.4. The quantitative estimate of drug-likeness (QED) is 0.739. The second-order valence-electron chi connectivity index (χ2n) is 7.94. The van der Waals surface area contributed by atoms with E-state index in [1.165, 1.54) is 18.2 Å². The summed E-state index contributed by atoms with van der Waals surface area (Å²) in [5.41, 5.74) is 1.28. The highest BCUT2D eigenvalue weighted by Crippen LogP contribution is 2.37. The minimum absolute atomic E-state index is 0.156. The van der Waals surface area contributed by atoms with Crippen molar-refractivity contribution in [2.24, 2.45) is 16.2 Å². The van der Waals surface area contributed by atoms with Gasteiger partial charge < -0.3 is 10.2 Å². The molecule has 0 saturated heterocycles. The predicted molar refractivity (Wildman–Crippen MR) is 113 cm³/mol. The van der Waals surface area contributed by atoms with Crippen LogP contribution in [0.25, 0.3) is 0 Å². The number of carbonyl (C=O) groups excluding carboxylic acids is 2. The zero-order chi connectivity index (χ0) is 21.8. The van der Waals surface area contributed by atoms with Crippen LogP contribution < -0.4 is 10.2 Å². The number of fused-ring (bicyclic) bond motifs is 2. The third-order valence-electron chi connectivity index (χ3n) is 5.84. The molecule has 1 aliphatic carbocycles. The summed E-state index contributed by atoms with van der Waals surface area (Å²) in [6.45, 7) is 0.465. The standard InChI is InChI=1S/C22H18N4O4S/c23-12-14-7-8-16-18(11-14)31(29,30)25-21(24-16)19-20(27)15-3-1-2-4-17(15)26(22(19)28)10-9-13-5-6-13/h1-4,7-8,11,13,19H,5-6,9-10H2,(H,24,25). The average Bonchev–Trinajstić information content (AvgIpc) is 3.58. The van der Waals surface area contributed by atoms with Gasteiger partial charge in [-0.05, 0) is 42.7 Å². The van der Waals surface area contributed by atoms with Gasteiger partial charge in [0.05, 0.1) is 23.0 Å². The first kappa shape index (κ1) is 19.5. The molecule has 0 aromatic heterocycles. The Morgan fingerprint density at radius 1 is 1.16 bits per heavy atom. The Kier molecular flexibility index (Phi) is 4.41. The van der Waals surface area contributed by atoms with E-state index in [0.29, 0.717) is 23.7 Å². The summed E-state index contributed by atoms with van der Waals surface area (Å²) in [7, 11) is -4.18. The van der Waals surface area contributed by atoms with Crippen LogP contribution in [0, 0.1) is 23.2 Å². The van der Waals surface area contributed by atoms with Crippen LogP contribution in [0.2, 0.25) is 0 Å². The lowest BCUT2D eigenvalue weighted by atomic mass is 9.88. The average molecular weight is 434 g/mol. The van der Waals surface area contributed by atoms with Crippen molar-refractivity contribution in [3.63, 3.8) is 0 Å². The number of para-hydroxylation sites is 1. The predicted octanol–water partition coefficient (Wildman–Crippen LogP) is 2.72. The van der Waals surface area contributed by atoms with Gasteiger partial charge in [-0.1, -0.05) is 25.0 Å². The summed E-state index contributed by atoms with van der Waals surface area (Å²) in [6, 6.07) is 12.9. The van der Waals surface area contributed by atoms with Crippen LogP contribution >= 0.6 is 0 Å². The minimum Gasteiger partial charge on any atom is -0.341 e. The monoisotopic (exact) mass is 434 g/mol. The van der Waals surface area contributed by atoms with Crippen LogP contribution in [0.5, 0.6) is 0 Å². The molecule has 2 heterocycles. The molecule has 1 amide bonds. The molecule has 1 saturated carbocycles. The van der Waals surface area contributed by atoms with Crippen molar-refractivity contribution in [1.29, 1.82) is 5.26 Å². The van der Waals surface area contributed by atoms with E-state index in [-0.39, 0.29) is 22.0 Å². The number of sulfonamides is 1. The third-order valence-corrected chi connectivity index (χ3v) is 7.17. The maximum absolute atomic E-state index is 13.4. The topological polar surface area (TPSA) is 120 Å². The molecule has 0 radical (unpaired) electrons. The normalized spacial score (nSPS) is 21.5. The number of nitriles is 1.